The van der Waals surface area contributed by atoms with Crippen LogP contribution in [0.3, 0.4) is 0 Å². The Labute approximate surface area is 135 Å². The lowest BCUT2D eigenvalue weighted by Gasteiger charge is -2.17. The van der Waals surface area contributed by atoms with Crippen LogP contribution in [0.25, 0.3) is 0 Å². The summed E-state index contributed by atoms with van der Waals surface area (Å²) in [4.78, 5) is 22.6. The molecule has 1 amide bonds. The van der Waals surface area contributed by atoms with Crippen molar-refractivity contribution in [2.75, 3.05) is 18.0 Å². The molecular formula is C16H19ClN4O. The second-order valence-corrected chi connectivity index (χ2v) is 5.19. The van der Waals surface area contributed by atoms with Crippen LogP contribution in [-0.2, 0) is 6.54 Å². The quantitative estimate of drug-likeness (QED) is 0.889. The Kier molecular flexibility index (Phi) is 5.72. The lowest BCUT2D eigenvalue weighted by molar-refractivity contribution is 0.0950. The van der Waals surface area contributed by atoms with E-state index >= 15 is 0 Å². The van der Waals surface area contributed by atoms with Gasteiger partial charge < -0.3 is 10.2 Å². The number of hydrogen-bond acceptors (Lipinski definition) is 4. The van der Waals surface area contributed by atoms with Gasteiger partial charge in [0.25, 0.3) is 5.91 Å². The highest BCUT2D eigenvalue weighted by molar-refractivity contribution is 6.30. The fourth-order valence-corrected chi connectivity index (χ4v) is 2.12. The van der Waals surface area contributed by atoms with Gasteiger partial charge in [-0.2, -0.15) is 0 Å². The molecule has 0 saturated heterocycles. The molecule has 0 spiro atoms. The van der Waals surface area contributed by atoms with Crippen LogP contribution in [-0.4, -0.2) is 29.0 Å². The van der Waals surface area contributed by atoms with E-state index < -0.39 is 0 Å². The normalized spacial score (nSPS) is 10.3. The third-order valence-electron chi connectivity index (χ3n) is 3.31. The van der Waals surface area contributed by atoms with Gasteiger partial charge >= 0.3 is 0 Å². The molecule has 1 heterocycles. The number of rotatable bonds is 6. The van der Waals surface area contributed by atoms with Crippen molar-refractivity contribution in [2.45, 2.75) is 20.4 Å². The van der Waals surface area contributed by atoms with Crippen LogP contribution < -0.4 is 10.2 Å². The van der Waals surface area contributed by atoms with Crippen molar-refractivity contribution in [1.29, 1.82) is 0 Å². The maximum Gasteiger partial charge on any atom is 0.254 e. The molecule has 22 heavy (non-hydrogen) atoms. The van der Waals surface area contributed by atoms with Gasteiger partial charge in [-0.15, -0.1) is 0 Å². The molecule has 0 fully saturated rings. The number of nitrogens with zero attached hydrogens (tertiary/aromatic N) is 3. The molecule has 0 aliphatic heterocycles. The Bertz CT molecular complexity index is 609. The fourth-order valence-electron chi connectivity index (χ4n) is 1.99. The van der Waals surface area contributed by atoms with Gasteiger partial charge in [0.05, 0.1) is 5.56 Å². The van der Waals surface area contributed by atoms with E-state index in [4.69, 9.17) is 11.6 Å². The lowest BCUT2D eigenvalue weighted by Crippen LogP contribution is -2.26. The SMILES string of the molecule is CCN(CC)c1ncc(C(=O)NCc2ccc(Cl)cc2)cn1. The van der Waals surface area contributed by atoms with Gasteiger partial charge in [0.2, 0.25) is 5.95 Å². The van der Waals surface area contributed by atoms with Crippen molar-refractivity contribution in [3.8, 4) is 0 Å². The number of carbonyl (C=O) groups excluding carboxylic acids is 1. The molecule has 5 nitrogen and oxygen atoms in total. The molecule has 1 aromatic carbocycles. The van der Waals surface area contributed by atoms with Crippen LogP contribution in [0, 0.1) is 0 Å². The lowest BCUT2D eigenvalue weighted by atomic mass is 10.2. The Morgan fingerprint density at radius 1 is 1.14 bits per heavy atom. The topological polar surface area (TPSA) is 58.1 Å². The smallest absolute Gasteiger partial charge is 0.254 e. The molecule has 0 radical (unpaired) electrons. The molecule has 0 unspecified atom stereocenters. The van der Waals surface area contributed by atoms with E-state index in [1.165, 1.54) is 0 Å². The van der Waals surface area contributed by atoms with Crippen molar-refractivity contribution < 1.29 is 4.79 Å². The Morgan fingerprint density at radius 2 is 1.73 bits per heavy atom. The monoisotopic (exact) mass is 318 g/mol. The predicted molar refractivity (Wildman–Crippen MR) is 88.2 cm³/mol. The fraction of sp³-hybridized carbons (Fsp3) is 0.312. The number of nitrogens with one attached hydrogen (secondary N) is 1. The van der Waals surface area contributed by atoms with Crippen molar-refractivity contribution >= 4 is 23.5 Å². The Morgan fingerprint density at radius 3 is 2.27 bits per heavy atom. The van der Waals surface area contributed by atoms with E-state index in [2.05, 4.69) is 15.3 Å². The first-order chi connectivity index (χ1) is 10.6. The van der Waals surface area contributed by atoms with Gasteiger partial charge in [-0.1, -0.05) is 23.7 Å². The van der Waals surface area contributed by atoms with Crippen molar-refractivity contribution in [3.05, 3.63) is 52.8 Å². The average molecular weight is 319 g/mol. The van der Waals surface area contributed by atoms with Crippen LogP contribution >= 0.6 is 11.6 Å². The number of aromatic nitrogens is 2. The first-order valence-electron chi connectivity index (χ1n) is 7.23. The van der Waals surface area contributed by atoms with E-state index in [9.17, 15) is 4.79 Å². The highest BCUT2D eigenvalue weighted by Crippen LogP contribution is 2.10. The zero-order chi connectivity index (χ0) is 15.9. The maximum absolute atomic E-state index is 12.1. The van der Waals surface area contributed by atoms with E-state index in [1.807, 2.05) is 30.9 Å². The van der Waals surface area contributed by atoms with Gasteiger partial charge in [0.15, 0.2) is 0 Å². The second-order valence-electron chi connectivity index (χ2n) is 4.75. The van der Waals surface area contributed by atoms with Gasteiger partial charge in [-0.25, -0.2) is 9.97 Å². The van der Waals surface area contributed by atoms with Gasteiger partial charge in [-0.3, -0.25) is 4.79 Å². The maximum atomic E-state index is 12.1. The number of benzene rings is 1. The van der Waals surface area contributed by atoms with Crippen molar-refractivity contribution in [3.63, 3.8) is 0 Å². The third kappa shape index (κ3) is 4.18. The summed E-state index contributed by atoms with van der Waals surface area (Å²) in [5.74, 6) is 0.445. The Hall–Kier alpha value is -2.14. The molecule has 6 heteroatoms. The number of halogens is 1. The number of hydrogen-bond donors (Lipinski definition) is 1. The zero-order valence-corrected chi connectivity index (χ0v) is 13.5. The van der Waals surface area contributed by atoms with Crippen LogP contribution in [0.2, 0.25) is 5.02 Å². The number of amides is 1. The van der Waals surface area contributed by atoms with E-state index in [-0.39, 0.29) is 5.91 Å². The molecule has 1 N–H and O–H groups in total. The minimum Gasteiger partial charge on any atom is -0.348 e. The van der Waals surface area contributed by atoms with E-state index in [0.29, 0.717) is 23.1 Å². The summed E-state index contributed by atoms with van der Waals surface area (Å²) in [7, 11) is 0. The van der Waals surface area contributed by atoms with Crippen LogP contribution in [0.1, 0.15) is 29.8 Å². The summed E-state index contributed by atoms with van der Waals surface area (Å²) in [6, 6.07) is 7.35. The molecule has 0 bridgehead atoms. The zero-order valence-electron chi connectivity index (χ0n) is 12.7. The first-order valence-corrected chi connectivity index (χ1v) is 7.61. The first kappa shape index (κ1) is 16.2. The molecule has 1 aromatic heterocycles. The average Bonchev–Trinajstić information content (AvgIpc) is 2.56. The molecule has 116 valence electrons. The minimum absolute atomic E-state index is 0.193. The van der Waals surface area contributed by atoms with Gasteiger partial charge in [-0.05, 0) is 31.5 Å². The summed E-state index contributed by atoms with van der Waals surface area (Å²) < 4.78 is 0. The molecule has 0 aliphatic carbocycles. The number of anilines is 1. The molecule has 2 rings (SSSR count). The Balaban J connectivity index is 1.96. The highest BCUT2D eigenvalue weighted by atomic mass is 35.5. The molecule has 2 aromatic rings. The van der Waals surface area contributed by atoms with Crippen LogP contribution in [0.15, 0.2) is 36.7 Å². The summed E-state index contributed by atoms with van der Waals surface area (Å²) in [6.45, 7) is 6.18. The summed E-state index contributed by atoms with van der Waals surface area (Å²) in [5.41, 5.74) is 1.43. The van der Waals surface area contributed by atoms with Crippen molar-refractivity contribution in [1.82, 2.24) is 15.3 Å². The van der Waals surface area contributed by atoms with Crippen LogP contribution in [0.4, 0.5) is 5.95 Å². The predicted octanol–water partition coefficient (Wildman–Crippen LogP) is 2.91. The molecule has 0 aliphatic rings. The number of carbonyl (C=O) groups is 1. The summed E-state index contributed by atoms with van der Waals surface area (Å²) in [6.07, 6.45) is 3.11. The van der Waals surface area contributed by atoms with E-state index in [1.54, 1.807) is 24.5 Å². The second kappa shape index (κ2) is 7.75. The van der Waals surface area contributed by atoms with Gasteiger partial charge in [0.1, 0.15) is 0 Å². The third-order valence-corrected chi connectivity index (χ3v) is 3.56. The van der Waals surface area contributed by atoms with Crippen LogP contribution in [0.5, 0.6) is 0 Å². The molecule has 0 atom stereocenters. The summed E-state index contributed by atoms with van der Waals surface area (Å²) in [5, 5.41) is 3.51. The standard InChI is InChI=1S/C16H19ClN4O/c1-3-21(4-2)16-19-10-13(11-20-16)15(22)18-9-12-5-7-14(17)8-6-12/h5-8,10-11H,3-4,9H2,1-2H3,(H,18,22). The van der Waals surface area contributed by atoms with Crippen molar-refractivity contribution in [2.24, 2.45) is 0 Å². The molecular weight excluding hydrogens is 300 g/mol. The largest absolute Gasteiger partial charge is 0.348 e. The minimum atomic E-state index is -0.193. The highest BCUT2D eigenvalue weighted by Gasteiger charge is 2.09. The van der Waals surface area contributed by atoms with Gasteiger partial charge in [0, 0.05) is 37.1 Å². The van der Waals surface area contributed by atoms with E-state index in [0.717, 1.165) is 18.7 Å². The summed E-state index contributed by atoms with van der Waals surface area (Å²) >= 11 is 5.83. The molecule has 0 saturated carbocycles.